The molecule has 1 rings (SSSR count). The van der Waals surface area contributed by atoms with Crippen LogP contribution in [0, 0.1) is 12.3 Å². The number of nitrogens with zero attached hydrogens (tertiary/aromatic N) is 1. The molecule has 0 saturated heterocycles. The number of oxime groups is 1. The van der Waals surface area contributed by atoms with Crippen molar-refractivity contribution in [3.05, 3.63) is 29.8 Å². The van der Waals surface area contributed by atoms with Gasteiger partial charge in [0, 0.05) is 10.3 Å². The van der Waals surface area contributed by atoms with Crippen LogP contribution in [0.1, 0.15) is 32.3 Å². The van der Waals surface area contributed by atoms with Gasteiger partial charge in [-0.3, -0.25) is 0 Å². The van der Waals surface area contributed by atoms with Crippen molar-refractivity contribution in [2.24, 2.45) is 16.3 Å². The number of amidine groups is 1. The molecule has 1 aromatic carbocycles. The van der Waals surface area contributed by atoms with Crippen molar-refractivity contribution in [3.8, 4) is 0 Å². The average Bonchev–Trinajstić information content (AvgIpc) is 2.35. The van der Waals surface area contributed by atoms with Crippen LogP contribution in [0.15, 0.2) is 34.3 Å². The maximum atomic E-state index is 8.69. The molecule has 4 heteroatoms. The smallest absolute Gasteiger partial charge is 0.144 e. The Morgan fingerprint density at radius 3 is 2.50 bits per heavy atom. The molecular weight excluding hydrogens is 244 g/mol. The van der Waals surface area contributed by atoms with Crippen LogP contribution < -0.4 is 5.73 Å². The van der Waals surface area contributed by atoms with E-state index >= 15 is 0 Å². The first-order valence-electron chi connectivity index (χ1n) is 6.13. The number of hydrogen-bond acceptors (Lipinski definition) is 3. The standard InChI is InChI=1S/C14H22N2OS/c1-11-5-7-12(8-6-11)18-10-4-9-14(2,3)13(15)16-17/h5-8,17H,4,9-10H2,1-3H3,(H2,15,16). The minimum absolute atomic E-state index is 0.234. The Morgan fingerprint density at radius 1 is 1.33 bits per heavy atom. The van der Waals surface area contributed by atoms with Crippen LogP contribution in [0.25, 0.3) is 0 Å². The molecule has 0 aromatic heterocycles. The molecule has 0 atom stereocenters. The van der Waals surface area contributed by atoms with E-state index in [2.05, 4.69) is 36.3 Å². The lowest BCUT2D eigenvalue weighted by molar-refractivity contribution is 0.305. The summed E-state index contributed by atoms with van der Waals surface area (Å²) in [5.41, 5.74) is 6.71. The minimum atomic E-state index is -0.234. The van der Waals surface area contributed by atoms with Crippen LogP contribution in [-0.2, 0) is 0 Å². The highest BCUT2D eigenvalue weighted by Crippen LogP contribution is 2.26. The first-order chi connectivity index (χ1) is 8.45. The number of hydrogen-bond donors (Lipinski definition) is 2. The fraction of sp³-hybridized carbons (Fsp3) is 0.500. The maximum absolute atomic E-state index is 8.69. The van der Waals surface area contributed by atoms with Crippen molar-refractivity contribution in [1.29, 1.82) is 0 Å². The zero-order valence-corrected chi connectivity index (χ0v) is 12.1. The van der Waals surface area contributed by atoms with Crippen molar-refractivity contribution in [3.63, 3.8) is 0 Å². The zero-order chi connectivity index (χ0) is 13.6. The van der Waals surface area contributed by atoms with Gasteiger partial charge >= 0.3 is 0 Å². The van der Waals surface area contributed by atoms with E-state index in [4.69, 9.17) is 10.9 Å². The van der Waals surface area contributed by atoms with E-state index in [1.165, 1.54) is 10.5 Å². The SMILES string of the molecule is Cc1ccc(SCCCC(C)(C)C(N)=NO)cc1. The van der Waals surface area contributed by atoms with Gasteiger partial charge in [-0.05, 0) is 37.7 Å². The first kappa shape index (κ1) is 14.9. The summed E-state index contributed by atoms with van der Waals surface area (Å²) in [4.78, 5) is 1.29. The molecule has 0 radical (unpaired) electrons. The molecule has 0 saturated carbocycles. The number of aryl methyl sites for hydroxylation is 1. The summed E-state index contributed by atoms with van der Waals surface area (Å²) < 4.78 is 0. The van der Waals surface area contributed by atoms with Crippen LogP contribution in [0.4, 0.5) is 0 Å². The molecule has 0 fully saturated rings. The number of benzene rings is 1. The highest BCUT2D eigenvalue weighted by atomic mass is 32.2. The van der Waals surface area contributed by atoms with Gasteiger partial charge in [-0.1, -0.05) is 36.7 Å². The third-order valence-electron chi connectivity index (χ3n) is 3.04. The zero-order valence-electron chi connectivity index (χ0n) is 11.3. The summed E-state index contributed by atoms with van der Waals surface area (Å²) in [5.74, 6) is 1.36. The van der Waals surface area contributed by atoms with Gasteiger partial charge in [0.05, 0.1) is 0 Å². The molecule has 1 aromatic rings. The summed E-state index contributed by atoms with van der Waals surface area (Å²) in [6.45, 7) is 6.09. The Morgan fingerprint density at radius 2 is 1.94 bits per heavy atom. The molecule has 100 valence electrons. The van der Waals surface area contributed by atoms with Crippen LogP contribution in [0.3, 0.4) is 0 Å². The molecule has 0 bridgehead atoms. The van der Waals surface area contributed by atoms with E-state index in [-0.39, 0.29) is 5.41 Å². The van der Waals surface area contributed by atoms with Gasteiger partial charge in [0.15, 0.2) is 0 Å². The third-order valence-corrected chi connectivity index (χ3v) is 4.14. The highest BCUT2D eigenvalue weighted by molar-refractivity contribution is 7.99. The Balaban J connectivity index is 2.33. The van der Waals surface area contributed by atoms with Gasteiger partial charge in [0.1, 0.15) is 5.84 Å². The fourth-order valence-electron chi connectivity index (χ4n) is 1.60. The summed E-state index contributed by atoms with van der Waals surface area (Å²) in [5, 5.41) is 11.8. The summed E-state index contributed by atoms with van der Waals surface area (Å²) >= 11 is 1.85. The predicted molar refractivity (Wildman–Crippen MR) is 78.3 cm³/mol. The van der Waals surface area contributed by atoms with Crippen molar-refractivity contribution in [2.45, 2.75) is 38.5 Å². The molecule has 0 heterocycles. The fourth-order valence-corrected chi connectivity index (χ4v) is 2.45. The predicted octanol–water partition coefficient (Wildman–Crippen LogP) is 3.64. The normalized spacial score (nSPS) is 12.7. The van der Waals surface area contributed by atoms with Gasteiger partial charge in [-0.25, -0.2) is 0 Å². The highest BCUT2D eigenvalue weighted by Gasteiger charge is 2.22. The molecule has 0 spiro atoms. The summed E-state index contributed by atoms with van der Waals surface area (Å²) in [6.07, 6.45) is 1.96. The molecule has 18 heavy (non-hydrogen) atoms. The molecule has 0 aliphatic carbocycles. The van der Waals surface area contributed by atoms with Crippen molar-refractivity contribution in [1.82, 2.24) is 0 Å². The molecule has 3 N–H and O–H groups in total. The summed E-state index contributed by atoms with van der Waals surface area (Å²) in [6, 6.07) is 8.55. The van der Waals surface area contributed by atoms with Crippen LogP contribution in [0.5, 0.6) is 0 Å². The van der Waals surface area contributed by atoms with Crippen molar-refractivity contribution >= 4 is 17.6 Å². The van der Waals surface area contributed by atoms with Gasteiger partial charge in [-0.2, -0.15) is 0 Å². The second kappa shape index (κ2) is 6.69. The van der Waals surface area contributed by atoms with Gasteiger partial charge < -0.3 is 10.9 Å². The number of nitrogens with two attached hydrogens (primary N) is 1. The van der Waals surface area contributed by atoms with Gasteiger partial charge in [-0.15, -0.1) is 11.8 Å². The maximum Gasteiger partial charge on any atom is 0.144 e. The van der Waals surface area contributed by atoms with Crippen molar-refractivity contribution < 1.29 is 5.21 Å². The monoisotopic (exact) mass is 266 g/mol. The minimum Gasteiger partial charge on any atom is -0.409 e. The third kappa shape index (κ3) is 4.61. The van der Waals surface area contributed by atoms with Crippen molar-refractivity contribution in [2.75, 3.05) is 5.75 Å². The first-order valence-corrected chi connectivity index (χ1v) is 7.12. The molecule has 0 amide bonds. The van der Waals surface area contributed by atoms with E-state index in [1.807, 2.05) is 25.6 Å². The van der Waals surface area contributed by atoms with Gasteiger partial charge in [0.2, 0.25) is 0 Å². The van der Waals surface area contributed by atoms with E-state index < -0.39 is 0 Å². The Bertz CT molecular complexity index is 399. The van der Waals surface area contributed by atoms with Crippen LogP contribution in [-0.4, -0.2) is 16.8 Å². The van der Waals surface area contributed by atoms with E-state index in [1.54, 1.807) is 0 Å². The molecule has 0 unspecified atom stereocenters. The summed E-state index contributed by atoms with van der Waals surface area (Å²) in [7, 11) is 0. The Kier molecular flexibility index (Phi) is 5.54. The Hall–Kier alpha value is -1.16. The van der Waals surface area contributed by atoms with E-state index in [0.717, 1.165) is 18.6 Å². The van der Waals surface area contributed by atoms with E-state index in [9.17, 15) is 0 Å². The largest absolute Gasteiger partial charge is 0.409 e. The number of thioether (sulfide) groups is 1. The molecule has 0 aliphatic rings. The van der Waals surface area contributed by atoms with E-state index in [0.29, 0.717) is 5.84 Å². The number of rotatable bonds is 6. The second-order valence-corrected chi connectivity index (χ2v) is 6.30. The lowest BCUT2D eigenvalue weighted by Crippen LogP contribution is -2.31. The Labute approximate surface area is 113 Å². The topological polar surface area (TPSA) is 58.6 Å². The average molecular weight is 266 g/mol. The quantitative estimate of drug-likeness (QED) is 0.206. The lowest BCUT2D eigenvalue weighted by atomic mass is 9.87. The molecular formula is C14H22N2OS. The van der Waals surface area contributed by atoms with Crippen LogP contribution in [0.2, 0.25) is 0 Å². The van der Waals surface area contributed by atoms with Gasteiger partial charge in [0.25, 0.3) is 0 Å². The molecule has 0 aliphatic heterocycles. The van der Waals surface area contributed by atoms with Crippen LogP contribution >= 0.6 is 11.8 Å². The lowest BCUT2D eigenvalue weighted by Gasteiger charge is -2.22. The second-order valence-electron chi connectivity index (χ2n) is 5.13. The molecule has 3 nitrogen and oxygen atoms in total.